The van der Waals surface area contributed by atoms with Crippen molar-refractivity contribution in [3.8, 4) is 0 Å². The molecular weight excluding hydrogens is 202 g/mol. The van der Waals surface area contributed by atoms with Crippen LogP contribution in [0.5, 0.6) is 0 Å². The van der Waals surface area contributed by atoms with Gasteiger partial charge in [-0.1, -0.05) is 12.1 Å². The fourth-order valence-corrected chi connectivity index (χ4v) is 1.72. The van der Waals surface area contributed by atoms with E-state index in [2.05, 4.69) is 9.71 Å². The van der Waals surface area contributed by atoms with Crippen molar-refractivity contribution in [2.24, 2.45) is 4.99 Å². The van der Waals surface area contributed by atoms with Crippen molar-refractivity contribution in [3.63, 3.8) is 0 Å². The highest BCUT2D eigenvalue weighted by atomic mass is 32.2. The Kier molecular flexibility index (Phi) is 2.36. The molecule has 1 heterocycles. The Labute approximate surface area is 84.5 Å². The monoisotopic (exact) mass is 209 g/mol. The molecule has 0 unspecified atom stereocenters. The summed E-state index contributed by atoms with van der Waals surface area (Å²) >= 11 is 1.47. The maximum atomic E-state index is 10.5. The van der Waals surface area contributed by atoms with Gasteiger partial charge in [-0.05, 0) is 11.9 Å². The number of amidine groups is 1. The molecule has 1 aliphatic rings. The standard InChI is InChI=1S/C8H7N3O2S/c12-11(13)7-3-1-2-6(4-7)8-9-5-14-10-8/h1-4H,5H2,(H,9,10). The van der Waals surface area contributed by atoms with Crippen molar-refractivity contribution in [3.05, 3.63) is 39.9 Å². The van der Waals surface area contributed by atoms with Gasteiger partial charge in [-0.2, -0.15) is 0 Å². The van der Waals surface area contributed by atoms with Gasteiger partial charge < -0.3 is 4.72 Å². The first kappa shape index (κ1) is 9.01. The predicted molar refractivity (Wildman–Crippen MR) is 55.2 cm³/mol. The van der Waals surface area contributed by atoms with Crippen LogP contribution in [0.2, 0.25) is 0 Å². The highest BCUT2D eigenvalue weighted by Gasteiger charge is 2.12. The van der Waals surface area contributed by atoms with Gasteiger partial charge in [0.25, 0.3) is 5.69 Å². The van der Waals surface area contributed by atoms with Gasteiger partial charge in [0.1, 0.15) is 11.7 Å². The number of rotatable bonds is 2. The molecule has 0 saturated carbocycles. The highest BCUT2D eigenvalue weighted by Crippen LogP contribution is 2.16. The minimum atomic E-state index is -0.411. The summed E-state index contributed by atoms with van der Waals surface area (Å²) in [6, 6.07) is 6.43. The van der Waals surface area contributed by atoms with Crippen LogP contribution >= 0.6 is 11.9 Å². The number of hydrogen-bond acceptors (Lipinski definition) is 5. The molecule has 0 spiro atoms. The maximum absolute atomic E-state index is 10.5. The lowest BCUT2D eigenvalue weighted by atomic mass is 10.2. The molecule has 0 bridgehead atoms. The van der Waals surface area contributed by atoms with Crippen molar-refractivity contribution >= 4 is 23.5 Å². The molecule has 0 aromatic heterocycles. The van der Waals surface area contributed by atoms with E-state index in [1.54, 1.807) is 12.1 Å². The Morgan fingerprint density at radius 2 is 2.43 bits per heavy atom. The third-order valence-corrected chi connectivity index (χ3v) is 2.38. The van der Waals surface area contributed by atoms with E-state index in [0.29, 0.717) is 11.7 Å². The van der Waals surface area contributed by atoms with Gasteiger partial charge in [-0.3, -0.25) is 15.1 Å². The van der Waals surface area contributed by atoms with E-state index in [1.807, 2.05) is 0 Å². The van der Waals surface area contributed by atoms with Crippen LogP contribution in [0.1, 0.15) is 5.56 Å². The summed E-state index contributed by atoms with van der Waals surface area (Å²) < 4.78 is 2.98. The SMILES string of the molecule is O=[N+]([O-])c1cccc(C2=NCSN2)c1. The minimum Gasteiger partial charge on any atom is -0.313 e. The fraction of sp³-hybridized carbons (Fsp3) is 0.125. The summed E-state index contributed by atoms with van der Waals surface area (Å²) in [4.78, 5) is 14.2. The second-order valence-corrected chi connectivity index (χ2v) is 3.44. The Morgan fingerprint density at radius 1 is 1.57 bits per heavy atom. The van der Waals surface area contributed by atoms with E-state index < -0.39 is 4.92 Å². The third kappa shape index (κ3) is 1.69. The van der Waals surface area contributed by atoms with Gasteiger partial charge in [0.15, 0.2) is 0 Å². The van der Waals surface area contributed by atoms with Crippen LogP contribution in [0.4, 0.5) is 5.69 Å². The molecule has 1 N–H and O–H groups in total. The smallest absolute Gasteiger partial charge is 0.270 e. The highest BCUT2D eigenvalue weighted by molar-refractivity contribution is 7.98. The largest absolute Gasteiger partial charge is 0.313 e. The molecule has 0 saturated heterocycles. The molecule has 14 heavy (non-hydrogen) atoms. The van der Waals surface area contributed by atoms with E-state index in [4.69, 9.17) is 0 Å². The second-order valence-electron chi connectivity index (χ2n) is 2.69. The molecule has 0 radical (unpaired) electrons. The van der Waals surface area contributed by atoms with E-state index in [9.17, 15) is 10.1 Å². The van der Waals surface area contributed by atoms with E-state index in [1.165, 1.54) is 24.1 Å². The Balaban J connectivity index is 2.34. The van der Waals surface area contributed by atoms with E-state index >= 15 is 0 Å². The van der Waals surface area contributed by atoms with Crippen LogP contribution in [0.3, 0.4) is 0 Å². The molecular formula is C8H7N3O2S. The molecule has 1 aliphatic heterocycles. The zero-order valence-electron chi connectivity index (χ0n) is 7.14. The Hall–Kier alpha value is -1.56. The molecule has 0 fully saturated rings. The Bertz CT molecular complexity index is 405. The summed E-state index contributed by atoms with van der Waals surface area (Å²) in [6.45, 7) is 0. The Morgan fingerprint density at radius 3 is 3.07 bits per heavy atom. The number of benzene rings is 1. The lowest BCUT2D eigenvalue weighted by Crippen LogP contribution is -2.12. The van der Waals surface area contributed by atoms with Crippen molar-refractivity contribution in [1.82, 2.24) is 4.72 Å². The molecule has 0 atom stereocenters. The summed E-state index contributed by atoms with van der Waals surface area (Å²) in [5.74, 6) is 1.36. The van der Waals surface area contributed by atoms with Crippen LogP contribution in [0, 0.1) is 10.1 Å². The van der Waals surface area contributed by atoms with Gasteiger partial charge in [0.05, 0.1) is 4.92 Å². The topological polar surface area (TPSA) is 67.5 Å². The molecule has 1 aromatic carbocycles. The van der Waals surface area contributed by atoms with E-state index in [-0.39, 0.29) is 5.69 Å². The molecule has 72 valence electrons. The summed E-state index contributed by atoms with van der Waals surface area (Å²) in [6.07, 6.45) is 0. The fourth-order valence-electron chi connectivity index (χ4n) is 1.15. The third-order valence-electron chi connectivity index (χ3n) is 1.79. The van der Waals surface area contributed by atoms with Crippen LogP contribution in [0.15, 0.2) is 29.3 Å². The summed E-state index contributed by atoms with van der Waals surface area (Å²) in [5, 5.41) is 10.5. The summed E-state index contributed by atoms with van der Waals surface area (Å²) in [5.41, 5.74) is 0.841. The number of nitrogens with one attached hydrogen (secondary N) is 1. The van der Waals surface area contributed by atoms with Crippen LogP contribution in [-0.2, 0) is 0 Å². The zero-order chi connectivity index (χ0) is 9.97. The van der Waals surface area contributed by atoms with Gasteiger partial charge in [0, 0.05) is 17.7 Å². The van der Waals surface area contributed by atoms with Crippen molar-refractivity contribution in [2.45, 2.75) is 0 Å². The van der Waals surface area contributed by atoms with Crippen LogP contribution in [-0.4, -0.2) is 16.6 Å². The number of nitro benzene ring substituents is 1. The molecule has 1 aromatic rings. The van der Waals surface area contributed by atoms with Crippen molar-refractivity contribution in [1.29, 1.82) is 0 Å². The molecule has 5 nitrogen and oxygen atoms in total. The zero-order valence-corrected chi connectivity index (χ0v) is 7.95. The summed E-state index contributed by atoms with van der Waals surface area (Å²) in [7, 11) is 0. The van der Waals surface area contributed by atoms with Crippen molar-refractivity contribution in [2.75, 3.05) is 5.88 Å². The molecule has 0 aliphatic carbocycles. The molecule has 2 rings (SSSR count). The average Bonchev–Trinajstić information content (AvgIpc) is 2.71. The number of aliphatic imine (C=N–C) groups is 1. The first-order chi connectivity index (χ1) is 6.77. The van der Waals surface area contributed by atoms with E-state index in [0.717, 1.165) is 5.56 Å². The van der Waals surface area contributed by atoms with Crippen LogP contribution < -0.4 is 4.72 Å². The van der Waals surface area contributed by atoms with Crippen LogP contribution in [0.25, 0.3) is 0 Å². The van der Waals surface area contributed by atoms with Gasteiger partial charge >= 0.3 is 0 Å². The first-order valence-electron chi connectivity index (χ1n) is 3.94. The lowest BCUT2D eigenvalue weighted by molar-refractivity contribution is -0.384. The van der Waals surface area contributed by atoms with Gasteiger partial charge in [0.2, 0.25) is 0 Å². The molecule has 6 heteroatoms. The van der Waals surface area contributed by atoms with Gasteiger partial charge in [-0.25, -0.2) is 0 Å². The molecule has 0 amide bonds. The number of nitro groups is 1. The second kappa shape index (κ2) is 3.67. The number of hydrogen-bond donors (Lipinski definition) is 1. The quantitative estimate of drug-likeness (QED) is 0.456. The lowest BCUT2D eigenvalue weighted by Gasteiger charge is -2.00. The predicted octanol–water partition coefficient (Wildman–Crippen LogP) is 1.55. The van der Waals surface area contributed by atoms with Gasteiger partial charge in [-0.15, -0.1) is 0 Å². The first-order valence-corrected chi connectivity index (χ1v) is 4.93. The number of nitrogens with zero attached hydrogens (tertiary/aromatic N) is 2. The normalized spacial score (nSPS) is 14.7. The average molecular weight is 209 g/mol. The maximum Gasteiger partial charge on any atom is 0.270 e. The van der Waals surface area contributed by atoms with Crippen molar-refractivity contribution < 1.29 is 4.92 Å². The number of non-ortho nitro benzene ring substituents is 1. The minimum absolute atomic E-state index is 0.0869.